The molecule has 0 spiro atoms. The molecule has 0 aliphatic carbocycles. The van der Waals surface area contributed by atoms with Crippen LogP contribution in [0.5, 0.6) is 11.6 Å². The van der Waals surface area contributed by atoms with Gasteiger partial charge in [0.1, 0.15) is 17.1 Å². The van der Waals surface area contributed by atoms with E-state index in [1.165, 1.54) is 55.2 Å². The number of nitrogens with zero attached hydrogens (tertiary/aromatic N) is 2. The number of fused-ring (bicyclic) bond motifs is 1. The second-order valence-corrected chi connectivity index (χ2v) is 10.7. The van der Waals surface area contributed by atoms with Gasteiger partial charge in [-0.3, -0.25) is 14.3 Å². The van der Waals surface area contributed by atoms with E-state index in [1.54, 1.807) is 20.8 Å². The van der Waals surface area contributed by atoms with Crippen LogP contribution >= 0.6 is 0 Å². The van der Waals surface area contributed by atoms with Gasteiger partial charge < -0.3 is 19.0 Å². The van der Waals surface area contributed by atoms with Crippen molar-refractivity contribution in [1.82, 2.24) is 14.9 Å². The Bertz CT molecular complexity index is 1700. The molecule has 200 valence electrons. The molecule has 0 radical (unpaired) electrons. The summed E-state index contributed by atoms with van der Waals surface area (Å²) in [6.45, 7) is 6.98. The molecule has 0 saturated heterocycles. The van der Waals surface area contributed by atoms with E-state index in [-0.39, 0.29) is 39.6 Å². The Morgan fingerprint density at radius 1 is 1.13 bits per heavy atom. The third kappa shape index (κ3) is 5.25. The molecule has 2 N–H and O–H groups in total. The zero-order valence-corrected chi connectivity index (χ0v) is 22.3. The molecule has 4 aromatic rings. The summed E-state index contributed by atoms with van der Waals surface area (Å²) < 4.78 is 54.1. The minimum Gasteiger partial charge on any atom is -0.450 e. The molecule has 1 aromatic carbocycles. The number of pyridine rings is 2. The van der Waals surface area contributed by atoms with Crippen LogP contribution in [-0.4, -0.2) is 36.2 Å². The fraction of sp³-hybridized carbons (Fsp3) is 0.269. The Morgan fingerprint density at radius 2 is 1.82 bits per heavy atom. The number of anilines is 1. The molecule has 3 aromatic heterocycles. The monoisotopic (exact) mass is 542 g/mol. The largest absolute Gasteiger partial charge is 0.450 e. The molecule has 0 aliphatic heterocycles. The van der Waals surface area contributed by atoms with E-state index in [1.807, 2.05) is 0 Å². The van der Waals surface area contributed by atoms with Crippen LogP contribution in [0.4, 0.5) is 10.1 Å². The van der Waals surface area contributed by atoms with Crippen molar-refractivity contribution in [3.05, 3.63) is 69.7 Å². The van der Waals surface area contributed by atoms with Crippen molar-refractivity contribution in [2.75, 3.05) is 17.0 Å². The second kappa shape index (κ2) is 10.3. The highest BCUT2D eigenvalue weighted by atomic mass is 32.2. The fourth-order valence-electron chi connectivity index (χ4n) is 3.99. The molecule has 0 unspecified atom stereocenters. The first kappa shape index (κ1) is 26.9. The maximum atomic E-state index is 13.9. The predicted octanol–water partition coefficient (Wildman–Crippen LogP) is 4.25. The van der Waals surface area contributed by atoms with Crippen LogP contribution in [0.2, 0.25) is 0 Å². The molecular formula is C26H27FN4O6S. The first-order valence-electron chi connectivity index (χ1n) is 11.8. The number of carbonyl (C=O) groups is 1. The first-order valence-corrected chi connectivity index (χ1v) is 13.5. The molecule has 10 nitrogen and oxygen atoms in total. The summed E-state index contributed by atoms with van der Waals surface area (Å²) in [6, 6.07) is 5.50. The van der Waals surface area contributed by atoms with Crippen LogP contribution in [0.1, 0.15) is 35.5 Å². The fourth-order valence-corrected chi connectivity index (χ4v) is 4.61. The number of ether oxygens (including phenoxy) is 1. The van der Waals surface area contributed by atoms with E-state index in [4.69, 9.17) is 9.15 Å². The summed E-state index contributed by atoms with van der Waals surface area (Å²) >= 11 is 0. The van der Waals surface area contributed by atoms with Crippen molar-refractivity contribution in [3.63, 3.8) is 0 Å². The van der Waals surface area contributed by atoms with E-state index < -0.39 is 27.3 Å². The van der Waals surface area contributed by atoms with Gasteiger partial charge in [-0.1, -0.05) is 0 Å². The summed E-state index contributed by atoms with van der Waals surface area (Å²) in [5.41, 5.74) is 1.51. The predicted molar refractivity (Wildman–Crippen MR) is 142 cm³/mol. The number of amides is 1. The minimum absolute atomic E-state index is 0.0539. The van der Waals surface area contributed by atoms with Crippen LogP contribution in [-0.2, 0) is 17.1 Å². The van der Waals surface area contributed by atoms with Gasteiger partial charge in [0.05, 0.1) is 28.6 Å². The Labute approximate surface area is 218 Å². The standard InChI is InChI=1S/C26H27FN4O6S/c1-6-28-24(32)21-11-19-23(36-21)20(13-31(5)26(19)33)18-10-17(30-38(34,35)7-2)12-29-25(18)37-22-14(3)8-16(27)9-15(22)4/h8-13,30H,6-7H2,1-5H3,(H,28,32). The Hall–Kier alpha value is -4.19. The van der Waals surface area contributed by atoms with E-state index >= 15 is 0 Å². The quantitative estimate of drug-likeness (QED) is 0.340. The zero-order chi connectivity index (χ0) is 27.8. The number of benzene rings is 1. The van der Waals surface area contributed by atoms with Crippen LogP contribution in [0.25, 0.3) is 22.1 Å². The molecule has 0 aliphatic rings. The molecule has 0 atom stereocenters. The first-order chi connectivity index (χ1) is 17.9. The molecule has 0 saturated carbocycles. The van der Waals surface area contributed by atoms with Crippen molar-refractivity contribution >= 4 is 32.6 Å². The number of hydrogen-bond donors (Lipinski definition) is 2. The lowest BCUT2D eigenvalue weighted by molar-refractivity contribution is 0.0930. The summed E-state index contributed by atoms with van der Waals surface area (Å²) in [5.74, 6) is -0.711. The van der Waals surface area contributed by atoms with E-state index in [0.717, 1.165) is 0 Å². The Balaban J connectivity index is 1.98. The maximum Gasteiger partial charge on any atom is 0.287 e. The number of carbonyl (C=O) groups excluding carboxylic acids is 1. The van der Waals surface area contributed by atoms with Crippen molar-refractivity contribution in [2.45, 2.75) is 27.7 Å². The minimum atomic E-state index is -3.64. The molecule has 38 heavy (non-hydrogen) atoms. The molecule has 3 heterocycles. The van der Waals surface area contributed by atoms with Crippen molar-refractivity contribution in [3.8, 4) is 22.8 Å². The van der Waals surface area contributed by atoms with E-state index in [9.17, 15) is 22.4 Å². The van der Waals surface area contributed by atoms with E-state index in [2.05, 4.69) is 15.0 Å². The van der Waals surface area contributed by atoms with Gasteiger partial charge in [-0.05, 0) is 57.0 Å². The summed E-state index contributed by atoms with van der Waals surface area (Å²) in [4.78, 5) is 29.7. The lowest BCUT2D eigenvalue weighted by Crippen LogP contribution is -2.22. The number of aromatic nitrogens is 2. The number of hydrogen-bond acceptors (Lipinski definition) is 7. The Kier molecular flexibility index (Phi) is 7.27. The number of aryl methyl sites for hydroxylation is 3. The highest BCUT2D eigenvalue weighted by molar-refractivity contribution is 7.92. The molecule has 12 heteroatoms. The molecule has 0 fully saturated rings. The third-order valence-corrected chi connectivity index (χ3v) is 7.14. The number of sulfonamides is 1. The normalized spacial score (nSPS) is 11.5. The lowest BCUT2D eigenvalue weighted by atomic mass is 10.1. The van der Waals surface area contributed by atoms with Crippen LogP contribution in [0.3, 0.4) is 0 Å². The van der Waals surface area contributed by atoms with Gasteiger partial charge in [0.15, 0.2) is 5.76 Å². The van der Waals surface area contributed by atoms with Gasteiger partial charge in [0.2, 0.25) is 15.9 Å². The van der Waals surface area contributed by atoms with E-state index in [0.29, 0.717) is 29.0 Å². The number of nitrogens with one attached hydrogen (secondary N) is 2. The topological polar surface area (TPSA) is 133 Å². The molecule has 0 bridgehead atoms. The maximum absolute atomic E-state index is 13.9. The smallest absolute Gasteiger partial charge is 0.287 e. The van der Waals surface area contributed by atoms with Gasteiger partial charge in [-0.25, -0.2) is 17.8 Å². The highest BCUT2D eigenvalue weighted by Crippen LogP contribution is 2.39. The average molecular weight is 543 g/mol. The van der Waals surface area contributed by atoms with Crippen molar-refractivity contribution in [1.29, 1.82) is 0 Å². The third-order valence-electron chi connectivity index (χ3n) is 5.83. The summed E-state index contributed by atoms with van der Waals surface area (Å²) in [7, 11) is -2.10. The number of furan rings is 1. The van der Waals surface area contributed by atoms with Gasteiger partial charge in [-0.15, -0.1) is 0 Å². The Morgan fingerprint density at radius 3 is 2.45 bits per heavy atom. The van der Waals surface area contributed by atoms with Gasteiger partial charge >= 0.3 is 0 Å². The molecule has 1 amide bonds. The average Bonchev–Trinajstić information content (AvgIpc) is 3.30. The van der Waals surface area contributed by atoms with Crippen LogP contribution < -0.4 is 20.3 Å². The second-order valence-electron chi connectivity index (χ2n) is 8.72. The van der Waals surface area contributed by atoms with Gasteiger partial charge in [0.25, 0.3) is 11.5 Å². The lowest BCUT2D eigenvalue weighted by Gasteiger charge is -2.16. The van der Waals surface area contributed by atoms with Crippen molar-refractivity contribution in [2.24, 2.45) is 7.05 Å². The van der Waals surface area contributed by atoms with Gasteiger partial charge in [-0.2, -0.15) is 0 Å². The van der Waals surface area contributed by atoms with Gasteiger partial charge in [0, 0.05) is 31.4 Å². The van der Waals surface area contributed by atoms with Crippen LogP contribution in [0.15, 0.2) is 45.9 Å². The zero-order valence-electron chi connectivity index (χ0n) is 21.5. The molecule has 4 rings (SSSR count). The summed E-state index contributed by atoms with van der Waals surface area (Å²) in [6.07, 6.45) is 2.78. The van der Waals surface area contributed by atoms with Crippen molar-refractivity contribution < 1.29 is 26.8 Å². The number of halogens is 1. The molecular weight excluding hydrogens is 515 g/mol. The SMILES string of the molecule is CCNC(=O)c1cc2c(=O)n(C)cc(-c3cc(NS(=O)(=O)CC)cnc3Oc3c(C)cc(F)cc3C)c2o1. The van der Waals surface area contributed by atoms with Crippen LogP contribution in [0, 0.1) is 19.7 Å². The number of rotatable bonds is 8. The summed E-state index contributed by atoms with van der Waals surface area (Å²) in [5, 5.41) is 2.78. The highest BCUT2D eigenvalue weighted by Gasteiger charge is 2.23.